The average Bonchev–Trinajstić information content (AvgIpc) is 2.78. The minimum atomic E-state index is -4.33. The molecule has 1 fully saturated rings. The molecule has 1 aromatic carbocycles. The summed E-state index contributed by atoms with van der Waals surface area (Å²) in [5.74, 6) is 1.06. The summed E-state index contributed by atoms with van der Waals surface area (Å²) < 4.78 is 39.5. The van der Waals surface area contributed by atoms with Crippen LogP contribution in [0.5, 0.6) is 0 Å². The van der Waals surface area contributed by atoms with Crippen molar-refractivity contribution in [3.8, 4) is 0 Å². The summed E-state index contributed by atoms with van der Waals surface area (Å²) in [5.41, 5.74) is -0.411. The van der Waals surface area contributed by atoms with E-state index in [2.05, 4.69) is 28.2 Å². The van der Waals surface area contributed by atoms with E-state index in [1.807, 2.05) is 11.8 Å². The molecular weight excluding hydrogens is 351 g/mol. The number of halogens is 4. The van der Waals surface area contributed by atoms with Gasteiger partial charge in [0, 0.05) is 21.5 Å². The molecule has 6 heteroatoms. The van der Waals surface area contributed by atoms with E-state index >= 15 is 0 Å². The standard InChI is InChI=1S/C14H17BrF3NS/c1-2-20-11-5-4-10(8-11)19-13-6-3-9(15)7-12(13)14(16,17)18/h3,6-7,10-11,19H,2,4-5,8H2,1H3. The van der Waals surface area contributed by atoms with Gasteiger partial charge in [-0.05, 0) is 43.2 Å². The first-order chi connectivity index (χ1) is 9.40. The molecule has 2 unspecified atom stereocenters. The topological polar surface area (TPSA) is 12.0 Å². The fourth-order valence-corrected chi connectivity index (χ4v) is 4.06. The van der Waals surface area contributed by atoms with E-state index in [9.17, 15) is 13.2 Å². The lowest BCUT2D eigenvalue weighted by Gasteiger charge is -2.19. The van der Waals surface area contributed by atoms with Gasteiger partial charge in [-0.3, -0.25) is 0 Å². The summed E-state index contributed by atoms with van der Waals surface area (Å²) >= 11 is 5.00. The van der Waals surface area contributed by atoms with Crippen LogP contribution in [-0.4, -0.2) is 17.0 Å². The molecule has 0 aromatic heterocycles. The van der Waals surface area contributed by atoms with Crippen molar-refractivity contribution in [1.82, 2.24) is 0 Å². The maximum absolute atomic E-state index is 13.0. The van der Waals surface area contributed by atoms with E-state index in [0.29, 0.717) is 9.72 Å². The lowest BCUT2D eigenvalue weighted by atomic mass is 10.1. The number of rotatable bonds is 4. The first-order valence-corrected chi connectivity index (χ1v) is 8.49. The fraction of sp³-hybridized carbons (Fsp3) is 0.571. The molecule has 1 aromatic rings. The Hall–Kier alpha value is -0.360. The van der Waals surface area contributed by atoms with E-state index in [-0.39, 0.29) is 11.7 Å². The van der Waals surface area contributed by atoms with E-state index < -0.39 is 11.7 Å². The Kier molecular flexibility index (Phi) is 5.29. The molecule has 1 aliphatic carbocycles. The Bertz CT molecular complexity index is 464. The van der Waals surface area contributed by atoms with Crippen molar-refractivity contribution in [3.63, 3.8) is 0 Å². The lowest BCUT2D eigenvalue weighted by molar-refractivity contribution is -0.137. The lowest BCUT2D eigenvalue weighted by Crippen LogP contribution is -2.19. The minimum absolute atomic E-state index is 0.140. The van der Waals surface area contributed by atoms with Crippen LogP contribution >= 0.6 is 27.7 Å². The highest BCUT2D eigenvalue weighted by Crippen LogP contribution is 2.38. The Labute approximate surface area is 129 Å². The Morgan fingerprint density at radius 1 is 1.35 bits per heavy atom. The van der Waals surface area contributed by atoms with Crippen molar-refractivity contribution < 1.29 is 13.2 Å². The van der Waals surface area contributed by atoms with Gasteiger partial charge in [0.2, 0.25) is 0 Å². The summed E-state index contributed by atoms with van der Waals surface area (Å²) in [7, 11) is 0. The van der Waals surface area contributed by atoms with Crippen molar-refractivity contribution in [3.05, 3.63) is 28.2 Å². The first-order valence-electron chi connectivity index (χ1n) is 6.65. The Morgan fingerprint density at radius 2 is 2.10 bits per heavy atom. The number of benzene rings is 1. The molecule has 1 nitrogen and oxygen atoms in total. The maximum atomic E-state index is 13.0. The van der Waals surface area contributed by atoms with Crippen molar-refractivity contribution in [1.29, 1.82) is 0 Å². The van der Waals surface area contributed by atoms with Crippen molar-refractivity contribution in [2.45, 2.75) is 43.7 Å². The number of hydrogen-bond acceptors (Lipinski definition) is 2. The molecule has 0 saturated heterocycles. The van der Waals surface area contributed by atoms with Crippen LogP contribution in [0.1, 0.15) is 31.7 Å². The van der Waals surface area contributed by atoms with Gasteiger partial charge in [0.25, 0.3) is 0 Å². The Balaban J connectivity index is 2.10. The molecule has 1 N–H and O–H groups in total. The van der Waals surface area contributed by atoms with Crippen molar-refractivity contribution >= 4 is 33.4 Å². The predicted molar refractivity (Wildman–Crippen MR) is 82.3 cm³/mol. The van der Waals surface area contributed by atoms with Gasteiger partial charge in [-0.1, -0.05) is 22.9 Å². The predicted octanol–water partition coefficient (Wildman–Crippen LogP) is 5.55. The second-order valence-corrected chi connectivity index (χ2v) is 7.41. The normalized spacial score (nSPS) is 23.1. The van der Waals surface area contributed by atoms with E-state index in [4.69, 9.17) is 0 Å². The number of nitrogens with one attached hydrogen (secondary N) is 1. The van der Waals surface area contributed by atoms with Crippen LogP contribution in [0.15, 0.2) is 22.7 Å². The fourth-order valence-electron chi connectivity index (χ4n) is 2.56. The van der Waals surface area contributed by atoms with Crippen LogP contribution in [-0.2, 0) is 6.18 Å². The van der Waals surface area contributed by atoms with Gasteiger partial charge in [0.05, 0.1) is 5.56 Å². The van der Waals surface area contributed by atoms with Crippen LogP contribution < -0.4 is 5.32 Å². The molecule has 0 bridgehead atoms. The van der Waals surface area contributed by atoms with Gasteiger partial charge in [0.1, 0.15) is 0 Å². The summed E-state index contributed by atoms with van der Waals surface area (Å²) in [6, 6.07) is 4.43. The third-order valence-electron chi connectivity index (χ3n) is 3.43. The zero-order chi connectivity index (χ0) is 14.8. The first kappa shape index (κ1) is 16.0. The smallest absolute Gasteiger partial charge is 0.382 e. The highest BCUT2D eigenvalue weighted by Gasteiger charge is 2.35. The average molecular weight is 368 g/mol. The van der Waals surface area contributed by atoms with Gasteiger partial charge in [-0.25, -0.2) is 0 Å². The number of anilines is 1. The number of alkyl halides is 3. The van der Waals surface area contributed by atoms with E-state index in [1.165, 1.54) is 6.07 Å². The largest absolute Gasteiger partial charge is 0.418 e. The van der Waals surface area contributed by atoms with Gasteiger partial charge in [-0.2, -0.15) is 24.9 Å². The minimum Gasteiger partial charge on any atom is -0.382 e. The maximum Gasteiger partial charge on any atom is 0.418 e. The van der Waals surface area contributed by atoms with Crippen LogP contribution in [0.4, 0.5) is 18.9 Å². The molecule has 0 heterocycles. The number of hydrogen-bond donors (Lipinski definition) is 1. The molecule has 0 amide bonds. The second-order valence-electron chi connectivity index (χ2n) is 4.92. The molecule has 20 heavy (non-hydrogen) atoms. The van der Waals surface area contributed by atoms with Gasteiger partial charge in [-0.15, -0.1) is 0 Å². The zero-order valence-electron chi connectivity index (χ0n) is 11.1. The third-order valence-corrected chi connectivity index (χ3v) is 5.16. The van der Waals surface area contributed by atoms with E-state index in [0.717, 1.165) is 31.1 Å². The van der Waals surface area contributed by atoms with E-state index in [1.54, 1.807) is 6.07 Å². The SMILES string of the molecule is CCSC1CCC(Nc2ccc(Br)cc2C(F)(F)F)C1. The molecule has 0 aliphatic heterocycles. The molecule has 1 saturated carbocycles. The molecule has 2 atom stereocenters. The molecule has 1 aliphatic rings. The highest BCUT2D eigenvalue weighted by atomic mass is 79.9. The van der Waals surface area contributed by atoms with Crippen LogP contribution in [0.25, 0.3) is 0 Å². The van der Waals surface area contributed by atoms with Crippen molar-refractivity contribution in [2.24, 2.45) is 0 Å². The quantitative estimate of drug-likeness (QED) is 0.747. The summed E-state index contributed by atoms with van der Waals surface area (Å²) in [6.07, 6.45) is -1.38. The highest BCUT2D eigenvalue weighted by molar-refractivity contribution is 9.10. The third kappa shape index (κ3) is 4.07. The van der Waals surface area contributed by atoms with Crippen LogP contribution in [0, 0.1) is 0 Å². The summed E-state index contributed by atoms with van der Waals surface area (Å²) in [5, 5.41) is 3.65. The molecule has 112 valence electrons. The van der Waals surface area contributed by atoms with Gasteiger partial charge in [0.15, 0.2) is 0 Å². The Morgan fingerprint density at radius 3 is 2.75 bits per heavy atom. The second kappa shape index (κ2) is 6.60. The number of thioether (sulfide) groups is 1. The van der Waals surface area contributed by atoms with Gasteiger partial charge >= 0.3 is 6.18 Å². The van der Waals surface area contributed by atoms with Crippen LogP contribution in [0.3, 0.4) is 0 Å². The zero-order valence-corrected chi connectivity index (χ0v) is 13.5. The van der Waals surface area contributed by atoms with Crippen LogP contribution in [0.2, 0.25) is 0 Å². The molecule has 0 radical (unpaired) electrons. The monoisotopic (exact) mass is 367 g/mol. The molecule has 0 spiro atoms. The molecular formula is C14H17BrF3NS. The molecule has 2 rings (SSSR count). The summed E-state index contributed by atoms with van der Waals surface area (Å²) in [6.45, 7) is 2.11. The summed E-state index contributed by atoms with van der Waals surface area (Å²) in [4.78, 5) is 0. The van der Waals surface area contributed by atoms with Crippen molar-refractivity contribution in [2.75, 3.05) is 11.1 Å². The van der Waals surface area contributed by atoms with Gasteiger partial charge < -0.3 is 5.32 Å².